The second-order valence-corrected chi connectivity index (χ2v) is 10.4. The average molecular weight is 499 g/mol. The highest BCUT2D eigenvalue weighted by Crippen LogP contribution is 2.19. The summed E-state index contributed by atoms with van der Waals surface area (Å²) in [6.07, 6.45) is 2.31. The molecule has 2 amide bonds. The molecule has 4 nitrogen and oxygen atoms in total. The predicted molar refractivity (Wildman–Crippen MR) is 152 cm³/mol. The largest absolute Gasteiger partial charge is 0.352 e. The van der Waals surface area contributed by atoms with E-state index >= 15 is 0 Å². The van der Waals surface area contributed by atoms with Crippen molar-refractivity contribution in [3.8, 4) is 0 Å². The minimum absolute atomic E-state index is 0.00579. The zero-order valence-electron chi connectivity index (χ0n) is 23.0. The van der Waals surface area contributed by atoms with Crippen molar-refractivity contribution in [2.75, 3.05) is 0 Å². The first-order valence-electron chi connectivity index (χ1n) is 13.5. The highest BCUT2D eigenvalue weighted by molar-refractivity contribution is 5.88. The molecule has 1 N–H and O–H groups in total. The Hall–Kier alpha value is -3.40. The number of nitrogens with one attached hydrogen (secondary N) is 1. The quantitative estimate of drug-likeness (QED) is 0.306. The summed E-state index contributed by atoms with van der Waals surface area (Å²) in [5, 5.41) is 3.14. The molecule has 0 fully saturated rings. The fourth-order valence-electron chi connectivity index (χ4n) is 4.35. The molecule has 0 saturated heterocycles. The molecule has 3 aromatic rings. The summed E-state index contributed by atoms with van der Waals surface area (Å²) in [5.41, 5.74) is 5.66. The van der Waals surface area contributed by atoms with E-state index < -0.39 is 6.04 Å². The summed E-state index contributed by atoms with van der Waals surface area (Å²) in [5.74, 6) is 0.372. The Balaban J connectivity index is 1.88. The number of aryl methyl sites for hydroxylation is 2. The maximum absolute atomic E-state index is 13.8. The van der Waals surface area contributed by atoms with Gasteiger partial charge < -0.3 is 10.2 Å². The Morgan fingerprint density at radius 2 is 1.43 bits per heavy atom. The van der Waals surface area contributed by atoms with Crippen LogP contribution in [0.15, 0.2) is 78.9 Å². The second kappa shape index (κ2) is 13.8. The lowest BCUT2D eigenvalue weighted by Gasteiger charge is -2.32. The Morgan fingerprint density at radius 1 is 0.811 bits per heavy atom. The molecule has 0 bridgehead atoms. The SMILES string of the molecule is CC[C@@H](C)NC(=O)[C@@H](Cc1ccccc1)N(Cc1ccc(C)cc1)C(=O)CCc1ccc(C(C)C)cc1. The van der Waals surface area contributed by atoms with Crippen LogP contribution in [0, 0.1) is 6.92 Å². The fraction of sp³-hybridized carbons (Fsp3) is 0.394. The van der Waals surface area contributed by atoms with Crippen molar-refractivity contribution in [2.45, 2.75) is 84.8 Å². The summed E-state index contributed by atoms with van der Waals surface area (Å²) in [6, 6.07) is 26.2. The van der Waals surface area contributed by atoms with E-state index in [1.54, 1.807) is 4.90 Å². The van der Waals surface area contributed by atoms with Gasteiger partial charge in [-0.3, -0.25) is 9.59 Å². The van der Waals surface area contributed by atoms with Crippen LogP contribution in [-0.2, 0) is 29.0 Å². The maximum atomic E-state index is 13.8. The highest BCUT2D eigenvalue weighted by atomic mass is 16.2. The zero-order chi connectivity index (χ0) is 26.8. The van der Waals surface area contributed by atoms with E-state index in [1.807, 2.05) is 49.4 Å². The van der Waals surface area contributed by atoms with Gasteiger partial charge in [-0.05, 0) is 54.9 Å². The summed E-state index contributed by atoms with van der Waals surface area (Å²) in [7, 11) is 0. The minimum atomic E-state index is -0.589. The summed E-state index contributed by atoms with van der Waals surface area (Å²) < 4.78 is 0. The first-order valence-corrected chi connectivity index (χ1v) is 13.5. The third-order valence-corrected chi connectivity index (χ3v) is 7.02. The van der Waals surface area contributed by atoms with Crippen molar-refractivity contribution in [2.24, 2.45) is 0 Å². The molecule has 0 saturated carbocycles. The Morgan fingerprint density at radius 3 is 2.03 bits per heavy atom. The van der Waals surface area contributed by atoms with Gasteiger partial charge in [0.25, 0.3) is 0 Å². The van der Waals surface area contributed by atoms with Gasteiger partial charge in [-0.1, -0.05) is 105 Å². The predicted octanol–water partition coefficient (Wildman–Crippen LogP) is 6.61. The number of amides is 2. The monoisotopic (exact) mass is 498 g/mol. The molecule has 0 aromatic heterocycles. The maximum Gasteiger partial charge on any atom is 0.243 e. The summed E-state index contributed by atoms with van der Waals surface area (Å²) in [4.78, 5) is 29.2. The third kappa shape index (κ3) is 8.59. The van der Waals surface area contributed by atoms with Gasteiger partial charge in [0.05, 0.1) is 0 Å². The molecule has 37 heavy (non-hydrogen) atoms. The molecule has 0 aliphatic rings. The van der Waals surface area contributed by atoms with Crippen LogP contribution in [0.1, 0.15) is 74.3 Å². The van der Waals surface area contributed by atoms with Gasteiger partial charge in [-0.2, -0.15) is 0 Å². The molecule has 0 radical (unpaired) electrons. The van der Waals surface area contributed by atoms with Gasteiger partial charge in [0, 0.05) is 25.4 Å². The van der Waals surface area contributed by atoms with Crippen LogP contribution < -0.4 is 5.32 Å². The molecule has 0 unspecified atom stereocenters. The molecule has 4 heteroatoms. The molecule has 0 heterocycles. The summed E-state index contributed by atoms with van der Waals surface area (Å²) >= 11 is 0. The van der Waals surface area contributed by atoms with E-state index in [1.165, 1.54) is 11.1 Å². The number of carbonyl (C=O) groups is 2. The van der Waals surface area contributed by atoms with Crippen LogP contribution in [0.3, 0.4) is 0 Å². The molecule has 196 valence electrons. The lowest BCUT2D eigenvalue weighted by molar-refractivity contribution is -0.141. The third-order valence-electron chi connectivity index (χ3n) is 7.02. The minimum Gasteiger partial charge on any atom is -0.352 e. The van der Waals surface area contributed by atoms with Crippen LogP contribution in [0.25, 0.3) is 0 Å². The lowest BCUT2D eigenvalue weighted by Crippen LogP contribution is -2.52. The van der Waals surface area contributed by atoms with E-state index in [0.717, 1.165) is 23.1 Å². The Bertz CT molecular complexity index is 1120. The van der Waals surface area contributed by atoms with Crippen LogP contribution in [0.4, 0.5) is 0 Å². The summed E-state index contributed by atoms with van der Waals surface area (Å²) in [6.45, 7) is 10.9. The molecular weight excluding hydrogens is 456 g/mol. The Kier molecular flexibility index (Phi) is 10.5. The highest BCUT2D eigenvalue weighted by Gasteiger charge is 2.30. The molecule has 3 rings (SSSR count). The lowest BCUT2D eigenvalue weighted by atomic mass is 9.99. The number of hydrogen-bond donors (Lipinski definition) is 1. The molecule has 2 atom stereocenters. The van der Waals surface area contributed by atoms with Crippen LogP contribution in [-0.4, -0.2) is 28.8 Å². The Labute approximate surface area is 223 Å². The average Bonchev–Trinajstić information content (AvgIpc) is 2.91. The van der Waals surface area contributed by atoms with Crippen molar-refractivity contribution in [3.05, 3.63) is 107 Å². The van der Waals surface area contributed by atoms with Gasteiger partial charge in [0.15, 0.2) is 0 Å². The topological polar surface area (TPSA) is 49.4 Å². The molecule has 0 spiro atoms. The number of hydrogen-bond acceptors (Lipinski definition) is 2. The van der Waals surface area contributed by atoms with E-state index in [-0.39, 0.29) is 17.9 Å². The van der Waals surface area contributed by atoms with Gasteiger partial charge >= 0.3 is 0 Å². The molecule has 0 aliphatic carbocycles. The smallest absolute Gasteiger partial charge is 0.243 e. The van der Waals surface area contributed by atoms with Crippen molar-refractivity contribution >= 4 is 11.8 Å². The molecule has 3 aromatic carbocycles. The van der Waals surface area contributed by atoms with Crippen molar-refractivity contribution in [3.63, 3.8) is 0 Å². The van der Waals surface area contributed by atoms with Gasteiger partial charge in [-0.25, -0.2) is 0 Å². The standard InChI is InChI=1S/C33H42N2O2/c1-6-26(5)34-33(37)31(22-28-10-8-7-9-11-28)35(23-29-14-12-25(4)13-15-29)32(36)21-18-27-16-19-30(20-17-27)24(2)3/h7-17,19-20,24,26,31H,6,18,21-23H2,1-5H3,(H,34,37)/t26-,31-/m1/s1. The molecular formula is C33H42N2O2. The van der Waals surface area contributed by atoms with Crippen molar-refractivity contribution in [1.29, 1.82) is 0 Å². The fourth-order valence-corrected chi connectivity index (χ4v) is 4.35. The van der Waals surface area contributed by atoms with Crippen molar-refractivity contribution in [1.82, 2.24) is 10.2 Å². The number of rotatable bonds is 12. The number of carbonyl (C=O) groups excluding carboxylic acids is 2. The van der Waals surface area contributed by atoms with E-state index in [9.17, 15) is 9.59 Å². The van der Waals surface area contributed by atoms with Gasteiger partial charge in [-0.15, -0.1) is 0 Å². The van der Waals surface area contributed by atoms with Gasteiger partial charge in [0.1, 0.15) is 6.04 Å². The van der Waals surface area contributed by atoms with Gasteiger partial charge in [0.2, 0.25) is 11.8 Å². The van der Waals surface area contributed by atoms with Crippen LogP contribution >= 0.6 is 0 Å². The first-order chi connectivity index (χ1) is 17.8. The molecule has 0 aliphatic heterocycles. The van der Waals surface area contributed by atoms with E-state index in [0.29, 0.717) is 31.7 Å². The second-order valence-electron chi connectivity index (χ2n) is 10.4. The number of nitrogens with zero attached hydrogens (tertiary/aromatic N) is 1. The first kappa shape index (κ1) is 28.2. The number of benzene rings is 3. The van der Waals surface area contributed by atoms with Crippen molar-refractivity contribution < 1.29 is 9.59 Å². The normalized spacial score (nSPS) is 12.7. The van der Waals surface area contributed by atoms with Crippen LogP contribution in [0.5, 0.6) is 0 Å². The zero-order valence-corrected chi connectivity index (χ0v) is 23.0. The van der Waals surface area contributed by atoms with E-state index in [2.05, 4.69) is 69.4 Å². The van der Waals surface area contributed by atoms with Crippen LogP contribution in [0.2, 0.25) is 0 Å². The van der Waals surface area contributed by atoms with E-state index in [4.69, 9.17) is 0 Å².